The van der Waals surface area contributed by atoms with Crippen LogP contribution in [0.25, 0.3) is 0 Å². The third-order valence-electron chi connectivity index (χ3n) is 6.46. The van der Waals surface area contributed by atoms with Crippen molar-refractivity contribution in [3.63, 3.8) is 0 Å². The van der Waals surface area contributed by atoms with Gasteiger partial charge in [-0.25, -0.2) is 0 Å². The second-order valence-corrected chi connectivity index (χ2v) is 9.66. The van der Waals surface area contributed by atoms with E-state index in [-0.39, 0.29) is 5.37 Å². The van der Waals surface area contributed by atoms with Gasteiger partial charge in [0.05, 0.1) is 0 Å². The van der Waals surface area contributed by atoms with Gasteiger partial charge in [0.2, 0.25) is 5.91 Å². The minimum absolute atomic E-state index is 0.325. The number of halogens is 1. The largest absolute Gasteiger partial charge is 0.481 e. The van der Waals surface area contributed by atoms with Crippen LogP contribution in [0.1, 0.15) is 139 Å². The van der Waals surface area contributed by atoms with Crippen LogP contribution in [0, 0.1) is 0 Å². The molecular formula is C31H66ClN3O4. The topological polar surface area (TPSA) is 81.2 Å². The third kappa shape index (κ3) is 36.7. The lowest BCUT2D eigenvalue weighted by atomic mass is 10.1. The zero-order valence-electron chi connectivity index (χ0n) is 27.3. The van der Waals surface area contributed by atoms with E-state index in [2.05, 4.69) is 39.5 Å². The maximum Gasteiger partial charge on any atom is 0.316 e. The standard InChI is InChI=1S/C12H25NO.C8H16O2.C6H15N.C5H10ClNO/c1-4-7-8-9-10-11-12(14)13(5-2)6-3;1-2-3-4-5-6-7-8(9)10;1-4-7(5-2)6-3;1-3-7(4-2)5(6)8/h4-11H2,1-3H3;2-7H2,1H3,(H,9,10);4-6H2,1-3H3;3-4H2,1-2H3. The van der Waals surface area contributed by atoms with E-state index < -0.39 is 5.97 Å². The molecule has 0 heterocycles. The van der Waals surface area contributed by atoms with Crippen LogP contribution in [0.4, 0.5) is 4.79 Å². The molecule has 0 bridgehead atoms. The van der Waals surface area contributed by atoms with Gasteiger partial charge >= 0.3 is 11.3 Å². The zero-order chi connectivity index (χ0) is 30.9. The van der Waals surface area contributed by atoms with Gasteiger partial charge in [-0.1, -0.05) is 86.0 Å². The molecule has 0 rings (SSSR count). The number of nitrogens with zero attached hydrogens (tertiary/aromatic N) is 3. The molecule has 0 aliphatic carbocycles. The van der Waals surface area contributed by atoms with E-state index in [1.54, 1.807) is 4.90 Å². The highest BCUT2D eigenvalue weighted by molar-refractivity contribution is 6.62. The van der Waals surface area contributed by atoms with Crippen LogP contribution >= 0.6 is 11.6 Å². The summed E-state index contributed by atoms with van der Waals surface area (Å²) in [7, 11) is 0. The van der Waals surface area contributed by atoms with Gasteiger partial charge in [0, 0.05) is 39.0 Å². The lowest BCUT2D eigenvalue weighted by Crippen LogP contribution is -2.30. The number of carbonyl (C=O) groups excluding carboxylic acids is 2. The van der Waals surface area contributed by atoms with Gasteiger partial charge in [0.1, 0.15) is 0 Å². The van der Waals surface area contributed by atoms with Gasteiger partial charge in [-0.3, -0.25) is 14.4 Å². The summed E-state index contributed by atoms with van der Waals surface area (Å²) in [6.45, 7) is 25.4. The Morgan fingerprint density at radius 3 is 1.10 bits per heavy atom. The Morgan fingerprint density at radius 1 is 0.513 bits per heavy atom. The number of carboxylic acid groups (broad SMARTS) is 1. The van der Waals surface area contributed by atoms with E-state index in [0.29, 0.717) is 25.4 Å². The molecule has 0 aromatic heterocycles. The van der Waals surface area contributed by atoms with Crippen molar-refractivity contribution in [2.24, 2.45) is 0 Å². The van der Waals surface area contributed by atoms with E-state index in [9.17, 15) is 14.4 Å². The van der Waals surface area contributed by atoms with Crippen LogP contribution in [0.15, 0.2) is 0 Å². The Morgan fingerprint density at radius 2 is 0.872 bits per heavy atom. The summed E-state index contributed by atoms with van der Waals surface area (Å²) in [6, 6.07) is 0. The van der Waals surface area contributed by atoms with Gasteiger partial charge in [-0.2, -0.15) is 0 Å². The van der Waals surface area contributed by atoms with E-state index in [1.807, 2.05) is 32.6 Å². The molecule has 0 aliphatic rings. The normalized spacial score (nSPS) is 9.82. The minimum Gasteiger partial charge on any atom is -0.481 e. The molecule has 39 heavy (non-hydrogen) atoms. The summed E-state index contributed by atoms with van der Waals surface area (Å²) >= 11 is 5.13. The second kappa shape index (κ2) is 36.7. The molecule has 8 heteroatoms. The molecule has 0 atom stereocenters. The average Bonchev–Trinajstić information content (AvgIpc) is 2.91. The highest BCUT2D eigenvalue weighted by Crippen LogP contribution is 2.07. The molecule has 0 fully saturated rings. The summed E-state index contributed by atoms with van der Waals surface area (Å²) in [4.78, 5) is 37.7. The first kappa shape index (κ1) is 44.7. The van der Waals surface area contributed by atoms with Crippen molar-refractivity contribution in [3.05, 3.63) is 0 Å². The number of hydrogen-bond acceptors (Lipinski definition) is 4. The zero-order valence-corrected chi connectivity index (χ0v) is 28.1. The van der Waals surface area contributed by atoms with Gasteiger partial charge in [0.25, 0.3) is 0 Å². The number of hydrogen-bond donors (Lipinski definition) is 1. The molecule has 2 amide bonds. The number of carboxylic acids is 1. The van der Waals surface area contributed by atoms with Crippen LogP contribution in [0.2, 0.25) is 0 Å². The fourth-order valence-corrected chi connectivity index (χ4v) is 3.88. The molecule has 0 spiro atoms. The Labute approximate surface area is 248 Å². The SMILES string of the molecule is CCCCCCCC(=O)N(CC)CC.CCCCCCCC(=O)O.CCN(CC)C(=O)Cl.CCN(CC)CC. The Bertz CT molecular complexity index is 518. The Kier molecular flexibility index (Phi) is 42.0. The number of amides is 2. The van der Waals surface area contributed by atoms with Crippen LogP contribution in [-0.4, -0.2) is 82.9 Å². The first-order valence-electron chi connectivity index (χ1n) is 15.8. The smallest absolute Gasteiger partial charge is 0.316 e. The predicted molar refractivity (Wildman–Crippen MR) is 170 cm³/mol. The van der Waals surface area contributed by atoms with Crippen molar-refractivity contribution in [1.29, 1.82) is 0 Å². The third-order valence-corrected chi connectivity index (χ3v) is 6.70. The van der Waals surface area contributed by atoms with Crippen molar-refractivity contribution >= 4 is 28.8 Å². The fourth-order valence-electron chi connectivity index (χ4n) is 3.64. The molecule has 0 unspecified atom stereocenters. The molecule has 0 radical (unpaired) electrons. The number of aliphatic carboxylic acids is 1. The first-order chi connectivity index (χ1) is 18.6. The van der Waals surface area contributed by atoms with Gasteiger partial charge in [-0.15, -0.1) is 0 Å². The number of unbranched alkanes of at least 4 members (excludes halogenated alkanes) is 8. The van der Waals surface area contributed by atoms with E-state index in [0.717, 1.165) is 38.8 Å². The van der Waals surface area contributed by atoms with Crippen LogP contribution in [-0.2, 0) is 9.59 Å². The summed E-state index contributed by atoms with van der Waals surface area (Å²) in [5.41, 5.74) is 0. The summed E-state index contributed by atoms with van der Waals surface area (Å²) in [5.74, 6) is -0.344. The lowest BCUT2D eigenvalue weighted by molar-refractivity contribution is -0.137. The second-order valence-electron chi connectivity index (χ2n) is 9.33. The summed E-state index contributed by atoms with van der Waals surface area (Å²) in [6.07, 6.45) is 12.8. The van der Waals surface area contributed by atoms with E-state index >= 15 is 0 Å². The predicted octanol–water partition coefficient (Wildman–Crippen LogP) is 8.68. The monoisotopic (exact) mass is 579 g/mol. The van der Waals surface area contributed by atoms with E-state index in [4.69, 9.17) is 16.7 Å². The van der Waals surface area contributed by atoms with Crippen LogP contribution in [0.5, 0.6) is 0 Å². The average molecular weight is 580 g/mol. The minimum atomic E-state index is -0.670. The van der Waals surface area contributed by atoms with Gasteiger partial charge in [-0.05, 0) is 71.8 Å². The van der Waals surface area contributed by atoms with Gasteiger partial charge in [0.15, 0.2) is 0 Å². The molecule has 0 aromatic rings. The van der Waals surface area contributed by atoms with Crippen molar-refractivity contribution in [1.82, 2.24) is 14.7 Å². The summed E-state index contributed by atoms with van der Waals surface area (Å²) < 4.78 is 0. The first-order valence-corrected chi connectivity index (χ1v) is 16.1. The number of carbonyl (C=O) groups is 3. The van der Waals surface area contributed by atoms with Crippen LogP contribution in [0.3, 0.4) is 0 Å². The fraction of sp³-hybridized carbons (Fsp3) is 0.903. The highest BCUT2D eigenvalue weighted by atomic mass is 35.5. The molecule has 0 saturated heterocycles. The molecule has 0 aromatic carbocycles. The molecular weight excluding hydrogens is 514 g/mol. The summed E-state index contributed by atoms with van der Waals surface area (Å²) in [5, 5.41) is 7.90. The van der Waals surface area contributed by atoms with Crippen molar-refractivity contribution in [3.8, 4) is 0 Å². The quantitative estimate of drug-likeness (QED) is 0.0940. The van der Waals surface area contributed by atoms with Gasteiger partial charge < -0.3 is 19.8 Å². The van der Waals surface area contributed by atoms with Crippen molar-refractivity contribution in [2.75, 3.05) is 45.8 Å². The molecule has 236 valence electrons. The maximum absolute atomic E-state index is 11.6. The Balaban J connectivity index is -0.000000218. The lowest BCUT2D eigenvalue weighted by Gasteiger charge is -2.18. The molecule has 7 nitrogen and oxygen atoms in total. The highest BCUT2D eigenvalue weighted by Gasteiger charge is 2.07. The molecule has 0 aliphatic heterocycles. The van der Waals surface area contributed by atoms with Crippen molar-refractivity contribution < 1.29 is 19.5 Å². The molecule has 1 N–H and O–H groups in total. The van der Waals surface area contributed by atoms with Crippen molar-refractivity contribution in [2.45, 2.75) is 139 Å². The van der Waals surface area contributed by atoms with E-state index in [1.165, 1.54) is 64.6 Å². The van der Waals surface area contributed by atoms with Crippen LogP contribution < -0.4 is 0 Å². The maximum atomic E-state index is 11.6. The Hall–Kier alpha value is -1.34. The number of rotatable bonds is 19. The molecule has 0 saturated carbocycles.